The molecule has 4 aromatic heterocycles. The smallest absolute Gasteiger partial charge is 0.120 e. The van der Waals surface area contributed by atoms with Crippen molar-refractivity contribution in [2.24, 2.45) is 0 Å². The number of aryl methyl sites for hydroxylation is 1. The highest BCUT2D eigenvalue weighted by molar-refractivity contribution is 5.83. The first-order valence-electron chi connectivity index (χ1n) is 10.6. The van der Waals surface area contributed by atoms with Gasteiger partial charge in [0.05, 0.1) is 47.5 Å². The van der Waals surface area contributed by atoms with Gasteiger partial charge in [0, 0.05) is 43.6 Å². The zero-order valence-corrected chi connectivity index (χ0v) is 17.5. The van der Waals surface area contributed by atoms with E-state index in [0.717, 1.165) is 84.5 Å². The average Bonchev–Trinajstić information content (AvgIpc) is 3.29. The lowest BCUT2D eigenvalue weighted by Crippen LogP contribution is -2.39. The summed E-state index contributed by atoms with van der Waals surface area (Å²) in [5, 5.41) is 10.8. The molecule has 1 fully saturated rings. The summed E-state index contributed by atoms with van der Waals surface area (Å²) in [6.45, 7) is 7.44. The number of fused-ring (bicyclic) bond motifs is 1. The van der Waals surface area contributed by atoms with Crippen LogP contribution in [0, 0.1) is 6.92 Å². The summed E-state index contributed by atoms with van der Waals surface area (Å²) in [5.41, 5.74) is 7.02. The number of rotatable bonds is 6. The Morgan fingerprint density at radius 2 is 1.97 bits per heavy atom. The number of morpholine rings is 1. The standard InChI is InChI=1S/C23H25N7O/c1-16-3-2-4-21(27-16)23-18(15-26-29-23)19-5-6-20-22(28-19)13-17(14-25-20)24-7-8-30-9-11-31-12-10-30/h2-6,13-15,24H,7-12H2,1H3,(H,26,29). The van der Waals surface area contributed by atoms with Gasteiger partial charge in [-0.15, -0.1) is 0 Å². The van der Waals surface area contributed by atoms with Crippen LogP contribution in [0.2, 0.25) is 0 Å². The minimum Gasteiger partial charge on any atom is -0.382 e. The van der Waals surface area contributed by atoms with Crippen LogP contribution in [0.15, 0.2) is 48.8 Å². The van der Waals surface area contributed by atoms with Crippen molar-refractivity contribution in [3.8, 4) is 22.6 Å². The highest BCUT2D eigenvalue weighted by Crippen LogP contribution is 2.29. The maximum Gasteiger partial charge on any atom is 0.120 e. The molecule has 1 saturated heterocycles. The lowest BCUT2D eigenvalue weighted by Gasteiger charge is -2.26. The van der Waals surface area contributed by atoms with Gasteiger partial charge in [-0.05, 0) is 37.3 Å². The number of H-pyrrole nitrogens is 1. The van der Waals surface area contributed by atoms with Crippen LogP contribution >= 0.6 is 0 Å². The molecule has 5 heterocycles. The predicted octanol–water partition coefficient (Wildman–Crippen LogP) is 3.13. The Balaban J connectivity index is 1.37. The van der Waals surface area contributed by atoms with Gasteiger partial charge in [0.15, 0.2) is 0 Å². The van der Waals surface area contributed by atoms with E-state index in [2.05, 4.69) is 36.4 Å². The summed E-state index contributed by atoms with van der Waals surface area (Å²) in [6.07, 6.45) is 3.73. The Kier molecular flexibility index (Phi) is 5.56. The van der Waals surface area contributed by atoms with Crippen LogP contribution < -0.4 is 5.32 Å². The van der Waals surface area contributed by atoms with Gasteiger partial charge >= 0.3 is 0 Å². The van der Waals surface area contributed by atoms with Crippen LogP contribution in [0.4, 0.5) is 5.69 Å². The number of anilines is 1. The number of aromatic nitrogens is 5. The van der Waals surface area contributed by atoms with Gasteiger partial charge in [-0.2, -0.15) is 5.10 Å². The first kappa shape index (κ1) is 19.6. The lowest BCUT2D eigenvalue weighted by molar-refractivity contribution is 0.0398. The molecule has 0 bridgehead atoms. The molecule has 1 aliphatic rings. The summed E-state index contributed by atoms with van der Waals surface area (Å²) >= 11 is 0. The first-order chi connectivity index (χ1) is 15.3. The number of hydrogen-bond acceptors (Lipinski definition) is 7. The second kappa shape index (κ2) is 8.79. The van der Waals surface area contributed by atoms with Gasteiger partial charge in [0.1, 0.15) is 5.69 Å². The summed E-state index contributed by atoms with van der Waals surface area (Å²) in [6, 6.07) is 12.0. The third-order valence-corrected chi connectivity index (χ3v) is 5.45. The van der Waals surface area contributed by atoms with Crippen LogP contribution in [0.1, 0.15) is 5.69 Å². The van der Waals surface area contributed by atoms with E-state index in [1.807, 2.05) is 49.6 Å². The fourth-order valence-corrected chi connectivity index (χ4v) is 3.79. The van der Waals surface area contributed by atoms with Crippen LogP contribution in [0.3, 0.4) is 0 Å². The highest BCUT2D eigenvalue weighted by atomic mass is 16.5. The minimum absolute atomic E-state index is 0.795. The van der Waals surface area contributed by atoms with Crippen LogP contribution in [-0.2, 0) is 4.74 Å². The Morgan fingerprint density at radius 3 is 2.84 bits per heavy atom. The van der Waals surface area contributed by atoms with E-state index in [1.54, 1.807) is 0 Å². The molecule has 2 N–H and O–H groups in total. The van der Waals surface area contributed by atoms with E-state index >= 15 is 0 Å². The molecule has 0 saturated carbocycles. The van der Waals surface area contributed by atoms with E-state index in [9.17, 15) is 0 Å². The fourth-order valence-electron chi connectivity index (χ4n) is 3.79. The van der Waals surface area contributed by atoms with Gasteiger partial charge in [0.2, 0.25) is 0 Å². The molecule has 0 aliphatic carbocycles. The van der Waals surface area contributed by atoms with Crippen molar-refractivity contribution in [3.05, 3.63) is 54.5 Å². The number of nitrogens with zero attached hydrogens (tertiary/aromatic N) is 5. The average molecular weight is 416 g/mol. The Hall–Kier alpha value is -3.36. The van der Waals surface area contributed by atoms with E-state index < -0.39 is 0 Å². The van der Waals surface area contributed by atoms with Crippen molar-refractivity contribution in [2.75, 3.05) is 44.7 Å². The molecule has 158 valence electrons. The number of pyridine rings is 3. The maximum absolute atomic E-state index is 5.41. The third-order valence-electron chi connectivity index (χ3n) is 5.45. The van der Waals surface area contributed by atoms with E-state index in [4.69, 9.17) is 9.72 Å². The molecule has 0 spiro atoms. The molecule has 0 atom stereocenters. The number of aromatic amines is 1. The molecular formula is C23H25N7O. The Bertz CT molecular complexity index is 1180. The Morgan fingerprint density at radius 1 is 1.06 bits per heavy atom. The molecule has 0 aromatic carbocycles. The van der Waals surface area contributed by atoms with Crippen molar-refractivity contribution in [1.29, 1.82) is 0 Å². The summed E-state index contributed by atoms with van der Waals surface area (Å²) < 4.78 is 5.41. The molecule has 5 rings (SSSR count). The largest absolute Gasteiger partial charge is 0.382 e. The monoisotopic (exact) mass is 415 g/mol. The Labute approximate surface area is 180 Å². The van der Waals surface area contributed by atoms with Gasteiger partial charge in [0.25, 0.3) is 0 Å². The lowest BCUT2D eigenvalue weighted by atomic mass is 10.1. The van der Waals surface area contributed by atoms with Crippen molar-refractivity contribution in [2.45, 2.75) is 6.92 Å². The fraction of sp³-hybridized carbons (Fsp3) is 0.304. The number of ether oxygens (including phenoxy) is 1. The van der Waals surface area contributed by atoms with Crippen molar-refractivity contribution >= 4 is 16.7 Å². The molecule has 8 nitrogen and oxygen atoms in total. The van der Waals surface area contributed by atoms with Crippen molar-refractivity contribution < 1.29 is 4.74 Å². The quantitative estimate of drug-likeness (QED) is 0.500. The topological polar surface area (TPSA) is 91.9 Å². The molecule has 31 heavy (non-hydrogen) atoms. The molecule has 8 heteroatoms. The third kappa shape index (κ3) is 4.40. The summed E-state index contributed by atoms with van der Waals surface area (Å²) in [7, 11) is 0. The first-order valence-corrected chi connectivity index (χ1v) is 10.6. The zero-order chi connectivity index (χ0) is 21.0. The van der Waals surface area contributed by atoms with E-state index in [1.165, 1.54) is 0 Å². The van der Waals surface area contributed by atoms with Gasteiger partial charge in [-0.3, -0.25) is 20.0 Å². The number of hydrogen-bond donors (Lipinski definition) is 2. The minimum atomic E-state index is 0.795. The normalized spacial score (nSPS) is 14.7. The van der Waals surface area contributed by atoms with Crippen molar-refractivity contribution in [1.82, 2.24) is 30.0 Å². The molecule has 1 aliphatic heterocycles. The molecule has 0 amide bonds. The van der Waals surface area contributed by atoms with Gasteiger partial charge < -0.3 is 10.1 Å². The second-order valence-electron chi connectivity index (χ2n) is 7.65. The summed E-state index contributed by atoms with van der Waals surface area (Å²) in [4.78, 5) is 16.4. The van der Waals surface area contributed by atoms with Gasteiger partial charge in [-0.25, -0.2) is 4.98 Å². The molecule has 0 radical (unpaired) electrons. The van der Waals surface area contributed by atoms with Crippen LogP contribution in [0.25, 0.3) is 33.7 Å². The van der Waals surface area contributed by atoms with Crippen LogP contribution in [0.5, 0.6) is 0 Å². The maximum atomic E-state index is 5.41. The molecule has 0 unspecified atom stereocenters. The van der Waals surface area contributed by atoms with E-state index in [-0.39, 0.29) is 0 Å². The highest BCUT2D eigenvalue weighted by Gasteiger charge is 2.14. The van der Waals surface area contributed by atoms with Crippen molar-refractivity contribution in [3.63, 3.8) is 0 Å². The van der Waals surface area contributed by atoms with Crippen LogP contribution in [-0.4, -0.2) is 69.4 Å². The predicted molar refractivity (Wildman–Crippen MR) is 121 cm³/mol. The van der Waals surface area contributed by atoms with E-state index in [0.29, 0.717) is 0 Å². The SMILES string of the molecule is Cc1cccc(-c2n[nH]cc2-c2ccc3ncc(NCCN4CCOCC4)cc3n2)n1. The molecular weight excluding hydrogens is 390 g/mol. The molecule has 4 aromatic rings. The second-order valence-corrected chi connectivity index (χ2v) is 7.65. The van der Waals surface area contributed by atoms with Gasteiger partial charge in [-0.1, -0.05) is 6.07 Å². The summed E-state index contributed by atoms with van der Waals surface area (Å²) in [5.74, 6) is 0. The zero-order valence-electron chi connectivity index (χ0n) is 17.5. The number of nitrogens with one attached hydrogen (secondary N) is 2.